The average Bonchev–Trinajstić information content (AvgIpc) is 2.36. The number of phenols is 1. The Labute approximate surface area is 110 Å². The third-order valence-electron chi connectivity index (χ3n) is 3.62. The number of carbonyl (C=O) groups is 2. The van der Waals surface area contributed by atoms with Gasteiger partial charge in [-0.3, -0.25) is 4.79 Å². The first-order chi connectivity index (χ1) is 8.89. The van der Waals surface area contributed by atoms with Gasteiger partial charge in [0.15, 0.2) is 5.78 Å². The highest BCUT2D eigenvalue weighted by molar-refractivity contribution is 5.97. The smallest absolute Gasteiger partial charge is 0.348 e. The maximum atomic E-state index is 11.3. The standard InChI is InChI=1S/C14H16O5/c1-3-14(13(17)18)5-4-9-6-10(8(2)15)11(16)7-12(9)19-14/h6-7,16H,3-5H2,1-2H3,(H,17,18). The van der Waals surface area contributed by atoms with Crippen LogP contribution in [0.2, 0.25) is 0 Å². The Balaban J connectivity index is 2.45. The molecule has 0 saturated carbocycles. The molecule has 0 aliphatic carbocycles. The molecule has 2 rings (SSSR count). The maximum Gasteiger partial charge on any atom is 0.348 e. The second kappa shape index (κ2) is 4.57. The van der Waals surface area contributed by atoms with E-state index in [2.05, 4.69) is 0 Å². The Morgan fingerprint density at radius 1 is 1.42 bits per heavy atom. The summed E-state index contributed by atoms with van der Waals surface area (Å²) in [6, 6.07) is 2.91. The molecule has 19 heavy (non-hydrogen) atoms. The largest absolute Gasteiger partial charge is 0.507 e. The molecule has 0 fully saturated rings. The molecule has 0 bridgehead atoms. The molecule has 1 aromatic carbocycles. The van der Waals surface area contributed by atoms with Crippen LogP contribution in [0.15, 0.2) is 12.1 Å². The number of fused-ring (bicyclic) bond motifs is 1. The first-order valence-electron chi connectivity index (χ1n) is 6.19. The summed E-state index contributed by atoms with van der Waals surface area (Å²) in [6.45, 7) is 3.13. The summed E-state index contributed by atoms with van der Waals surface area (Å²) in [4.78, 5) is 22.7. The fourth-order valence-corrected chi connectivity index (χ4v) is 2.34. The Morgan fingerprint density at radius 3 is 2.63 bits per heavy atom. The summed E-state index contributed by atoms with van der Waals surface area (Å²) < 4.78 is 5.57. The number of ketones is 1. The van der Waals surface area contributed by atoms with Crippen molar-refractivity contribution in [2.75, 3.05) is 0 Å². The van der Waals surface area contributed by atoms with Gasteiger partial charge in [0.1, 0.15) is 11.5 Å². The highest BCUT2D eigenvalue weighted by Crippen LogP contribution is 2.39. The normalized spacial score (nSPS) is 21.4. The van der Waals surface area contributed by atoms with E-state index in [1.54, 1.807) is 13.0 Å². The Kier molecular flexibility index (Phi) is 3.22. The molecule has 1 aliphatic heterocycles. The van der Waals surface area contributed by atoms with Crippen LogP contribution in [0.4, 0.5) is 0 Å². The van der Waals surface area contributed by atoms with Crippen LogP contribution in [0.3, 0.4) is 0 Å². The zero-order valence-corrected chi connectivity index (χ0v) is 10.9. The molecule has 0 aromatic heterocycles. The number of Topliss-reactive ketones (excluding diaryl/α,β-unsaturated/α-hetero) is 1. The third-order valence-corrected chi connectivity index (χ3v) is 3.62. The molecule has 0 spiro atoms. The fourth-order valence-electron chi connectivity index (χ4n) is 2.34. The van der Waals surface area contributed by atoms with Crippen molar-refractivity contribution in [1.29, 1.82) is 0 Å². The highest BCUT2D eigenvalue weighted by atomic mass is 16.5. The predicted molar refractivity (Wildman–Crippen MR) is 67.7 cm³/mol. The first-order valence-corrected chi connectivity index (χ1v) is 6.19. The van der Waals surface area contributed by atoms with E-state index >= 15 is 0 Å². The molecule has 1 heterocycles. The third kappa shape index (κ3) is 2.16. The summed E-state index contributed by atoms with van der Waals surface area (Å²) >= 11 is 0. The van der Waals surface area contributed by atoms with Crippen molar-refractivity contribution in [1.82, 2.24) is 0 Å². The van der Waals surface area contributed by atoms with Gasteiger partial charge >= 0.3 is 5.97 Å². The molecule has 1 aliphatic rings. The van der Waals surface area contributed by atoms with Gasteiger partial charge in [-0.1, -0.05) is 6.92 Å². The quantitative estimate of drug-likeness (QED) is 0.817. The van der Waals surface area contributed by atoms with Crippen LogP contribution in [0.25, 0.3) is 0 Å². The van der Waals surface area contributed by atoms with Gasteiger partial charge in [0.25, 0.3) is 0 Å². The molecular weight excluding hydrogens is 248 g/mol. The lowest BCUT2D eigenvalue weighted by Crippen LogP contribution is -2.46. The molecule has 102 valence electrons. The van der Waals surface area contributed by atoms with Crippen molar-refractivity contribution in [3.8, 4) is 11.5 Å². The number of aryl methyl sites for hydroxylation is 1. The van der Waals surface area contributed by atoms with E-state index in [0.717, 1.165) is 5.56 Å². The molecule has 1 aromatic rings. The first kappa shape index (κ1) is 13.4. The van der Waals surface area contributed by atoms with Crippen molar-refractivity contribution in [2.24, 2.45) is 0 Å². The zero-order valence-electron chi connectivity index (χ0n) is 10.9. The monoisotopic (exact) mass is 264 g/mol. The summed E-state index contributed by atoms with van der Waals surface area (Å²) in [5.41, 5.74) is -0.244. The van der Waals surface area contributed by atoms with Crippen LogP contribution < -0.4 is 4.74 Å². The molecule has 0 radical (unpaired) electrons. The second-order valence-electron chi connectivity index (χ2n) is 4.79. The van der Waals surface area contributed by atoms with E-state index in [1.165, 1.54) is 13.0 Å². The lowest BCUT2D eigenvalue weighted by atomic mass is 9.88. The molecule has 5 nitrogen and oxygen atoms in total. The number of carbonyl (C=O) groups excluding carboxylic acids is 1. The number of carboxylic acid groups (broad SMARTS) is 1. The number of rotatable bonds is 3. The number of ether oxygens (including phenoxy) is 1. The fraction of sp³-hybridized carbons (Fsp3) is 0.429. The van der Waals surface area contributed by atoms with Gasteiger partial charge in [-0.05, 0) is 31.4 Å². The van der Waals surface area contributed by atoms with E-state index in [0.29, 0.717) is 25.0 Å². The number of hydrogen-bond donors (Lipinski definition) is 2. The minimum Gasteiger partial charge on any atom is -0.507 e. The van der Waals surface area contributed by atoms with Crippen LogP contribution in [-0.2, 0) is 11.2 Å². The van der Waals surface area contributed by atoms with E-state index in [4.69, 9.17) is 4.74 Å². The Hall–Kier alpha value is -2.04. The lowest BCUT2D eigenvalue weighted by Gasteiger charge is -2.34. The maximum absolute atomic E-state index is 11.3. The molecule has 0 amide bonds. The summed E-state index contributed by atoms with van der Waals surface area (Å²) in [5, 5.41) is 19.1. The van der Waals surface area contributed by atoms with Gasteiger partial charge in [-0.25, -0.2) is 4.79 Å². The topological polar surface area (TPSA) is 83.8 Å². The second-order valence-corrected chi connectivity index (χ2v) is 4.79. The highest BCUT2D eigenvalue weighted by Gasteiger charge is 2.42. The zero-order chi connectivity index (χ0) is 14.2. The van der Waals surface area contributed by atoms with Gasteiger partial charge in [0, 0.05) is 12.5 Å². The van der Waals surface area contributed by atoms with Crippen LogP contribution in [0.1, 0.15) is 42.6 Å². The minimum atomic E-state index is -1.24. The number of hydrogen-bond acceptors (Lipinski definition) is 4. The van der Waals surface area contributed by atoms with Gasteiger partial charge in [0.2, 0.25) is 5.60 Å². The van der Waals surface area contributed by atoms with E-state index < -0.39 is 11.6 Å². The van der Waals surface area contributed by atoms with Crippen LogP contribution in [0, 0.1) is 0 Å². The Bertz CT molecular complexity index is 549. The van der Waals surface area contributed by atoms with Crippen molar-refractivity contribution in [3.05, 3.63) is 23.3 Å². The number of aliphatic carboxylic acids is 1. The van der Waals surface area contributed by atoms with Crippen molar-refractivity contribution < 1.29 is 24.5 Å². The van der Waals surface area contributed by atoms with E-state index in [-0.39, 0.29) is 17.1 Å². The molecule has 0 saturated heterocycles. The van der Waals surface area contributed by atoms with Crippen molar-refractivity contribution >= 4 is 11.8 Å². The summed E-state index contributed by atoms with van der Waals surface area (Å²) in [6.07, 6.45) is 1.21. The van der Waals surface area contributed by atoms with Crippen LogP contribution >= 0.6 is 0 Å². The molecule has 1 atom stereocenters. The number of aromatic hydroxyl groups is 1. The minimum absolute atomic E-state index is 0.177. The lowest BCUT2D eigenvalue weighted by molar-refractivity contribution is -0.157. The van der Waals surface area contributed by atoms with Gasteiger partial charge < -0.3 is 14.9 Å². The Morgan fingerprint density at radius 2 is 2.11 bits per heavy atom. The molecule has 1 unspecified atom stereocenters. The molecule has 2 N–H and O–H groups in total. The average molecular weight is 264 g/mol. The number of carboxylic acids is 1. The number of phenolic OH excluding ortho intramolecular Hbond substituents is 1. The van der Waals surface area contributed by atoms with Crippen molar-refractivity contribution in [2.45, 2.75) is 38.7 Å². The summed E-state index contributed by atoms with van der Waals surface area (Å²) in [5.74, 6) is -1.07. The van der Waals surface area contributed by atoms with Crippen molar-refractivity contribution in [3.63, 3.8) is 0 Å². The van der Waals surface area contributed by atoms with Crippen LogP contribution in [-0.4, -0.2) is 27.6 Å². The SMILES string of the molecule is CCC1(C(=O)O)CCc2cc(C(C)=O)c(O)cc2O1. The summed E-state index contributed by atoms with van der Waals surface area (Å²) in [7, 11) is 0. The number of benzene rings is 1. The van der Waals surface area contributed by atoms with Crippen LogP contribution in [0.5, 0.6) is 11.5 Å². The predicted octanol–water partition coefficient (Wildman–Crippen LogP) is 2.15. The van der Waals surface area contributed by atoms with Gasteiger partial charge in [-0.2, -0.15) is 0 Å². The van der Waals surface area contributed by atoms with E-state index in [9.17, 15) is 19.8 Å². The van der Waals surface area contributed by atoms with E-state index in [1.807, 2.05) is 0 Å². The molecular formula is C14H16O5. The molecule has 5 heteroatoms. The van der Waals surface area contributed by atoms with Gasteiger partial charge in [0.05, 0.1) is 5.56 Å². The van der Waals surface area contributed by atoms with Gasteiger partial charge in [-0.15, -0.1) is 0 Å².